The van der Waals surface area contributed by atoms with E-state index in [1.54, 1.807) is 65.7 Å². The number of nitrogens with zero attached hydrogens (tertiary/aromatic N) is 3. The molecule has 0 radical (unpaired) electrons. The van der Waals surface area contributed by atoms with Gasteiger partial charge in [-0.25, -0.2) is 33.8 Å². The molecule has 4 atom stereocenters. The number of carbonyl (C=O) groups is 8. The summed E-state index contributed by atoms with van der Waals surface area (Å²) in [5.41, 5.74) is 13.4. The van der Waals surface area contributed by atoms with Crippen LogP contribution in [0.1, 0.15) is 124 Å². The highest BCUT2D eigenvalue weighted by molar-refractivity contribution is 9.09. The van der Waals surface area contributed by atoms with Crippen LogP contribution >= 0.6 is 27.3 Å². The Labute approximate surface area is 488 Å². The fourth-order valence-corrected chi connectivity index (χ4v) is 11.2. The van der Waals surface area contributed by atoms with Gasteiger partial charge in [0.2, 0.25) is 11.7 Å². The van der Waals surface area contributed by atoms with Crippen molar-refractivity contribution in [3.63, 3.8) is 0 Å². The Morgan fingerprint density at radius 2 is 1.02 bits per heavy atom. The number of hydrogen-bond donors (Lipinski definition) is 3. The summed E-state index contributed by atoms with van der Waals surface area (Å²) in [5.74, 6) is -2.57. The first-order valence-electron chi connectivity index (χ1n) is 26.9. The standard InChI is InChI=1S/C30H33N3O6S.C25H29N3O5.C5H7BrO3/c1-5-37-27(34)24-17-40-26(32-24)25-14-18(15-33(25)29(36)39-30(2,3)4)31-28(35)38-16-23-21-12-8-6-10-19(21)20-11-7-9-13-22(20)23;1-25(2,3)33-24(31)28-13-15(12-21(28)22(26)29)27-23(30)32-14-20-18-10-6-4-8-16(18)17-9-5-7-11-19(17)20;1-2-9-5(8)4(7)3-6/h6-13,17-18,23,25H,5,14-16H2,1-4H3,(H,31,35);4-11,15,20-21H,12-14H2,1-3H3,(H2,26,29)(H,27,30);2-3H2,1H3/t18-,25+;15-,21+;/m11./s1. The predicted molar refractivity (Wildman–Crippen MR) is 308 cm³/mol. The van der Waals surface area contributed by atoms with Crippen LogP contribution in [0, 0.1) is 0 Å². The molecule has 5 amide bonds. The number of ether oxygens (including phenoxy) is 6. The monoisotopic (exact) mass is 1210 g/mol. The summed E-state index contributed by atoms with van der Waals surface area (Å²) >= 11 is 4.10. The van der Waals surface area contributed by atoms with Crippen LogP contribution in [0.2, 0.25) is 0 Å². The summed E-state index contributed by atoms with van der Waals surface area (Å²) < 4.78 is 31.7. The van der Waals surface area contributed by atoms with Crippen LogP contribution in [-0.4, -0.2) is 137 Å². The number of Topliss-reactive ketones (excluding diaryl/α,β-unsaturated/α-hetero) is 1. The first-order chi connectivity index (χ1) is 39.0. The summed E-state index contributed by atoms with van der Waals surface area (Å²) in [5, 5.41) is 7.91. The molecule has 9 rings (SSSR count). The second-order valence-electron chi connectivity index (χ2n) is 21.6. The number of amides is 5. The van der Waals surface area contributed by atoms with Crippen molar-refractivity contribution in [3.05, 3.63) is 135 Å². The van der Waals surface area contributed by atoms with Crippen LogP contribution in [0.15, 0.2) is 102 Å². The molecule has 2 aliphatic heterocycles. The maximum atomic E-state index is 13.1. The number of alkyl carbamates (subject to hydrolysis) is 2. The molecular formula is C60H69BrN6O14S. The van der Waals surface area contributed by atoms with Crippen molar-refractivity contribution in [2.24, 2.45) is 5.73 Å². The van der Waals surface area contributed by atoms with Gasteiger partial charge >= 0.3 is 36.3 Å². The number of alkyl halides is 1. The fourth-order valence-electron chi connectivity index (χ4n) is 10.0. The zero-order valence-electron chi connectivity index (χ0n) is 47.1. The molecule has 2 fully saturated rings. The van der Waals surface area contributed by atoms with E-state index in [0.717, 1.165) is 44.5 Å². The van der Waals surface area contributed by atoms with E-state index in [0.29, 0.717) is 11.4 Å². The zero-order valence-corrected chi connectivity index (χ0v) is 49.5. The SMILES string of the molecule is CC(C)(C)OC(=O)N1C[C@H](NC(=O)OCC2c3ccccc3-c3ccccc32)C[C@H]1C(N)=O.CCOC(=O)C(=O)CBr.CCOC(=O)c1csc([C@@H]2C[C@@H](NC(=O)OCC3c4ccccc4-c4ccccc43)CN2C(=O)OC(C)(C)C)n1. The molecule has 20 nitrogen and oxygen atoms in total. The Morgan fingerprint density at radius 1 is 0.610 bits per heavy atom. The lowest BCUT2D eigenvalue weighted by Crippen LogP contribution is -2.46. The van der Waals surface area contributed by atoms with Gasteiger partial charge in [0.25, 0.3) is 0 Å². The van der Waals surface area contributed by atoms with Gasteiger partial charge in [0, 0.05) is 30.3 Å². The van der Waals surface area contributed by atoms with Crippen LogP contribution in [0.5, 0.6) is 0 Å². The molecule has 436 valence electrons. The van der Waals surface area contributed by atoms with Crippen molar-refractivity contribution < 1.29 is 66.8 Å². The minimum Gasteiger partial charge on any atom is -0.461 e. The maximum Gasteiger partial charge on any atom is 0.411 e. The second kappa shape index (κ2) is 27.3. The van der Waals surface area contributed by atoms with Gasteiger partial charge in [0.05, 0.1) is 36.7 Å². The van der Waals surface area contributed by atoms with Crippen LogP contribution in [0.4, 0.5) is 19.2 Å². The van der Waals surface area contributed by atoms with E-state index in [-0.39, 0.29) is 74.8 Å². The number of halogens is 1. The Hall–Kier alpha value is -7.85. The van der Waals surface area contributed by atoms with E-state index in [4.69, 9.17) is 29.4 Å². The van der Waals surface area contributed by atoms with Crippen molar-refractivity contribution in [2.45, 2.75) is 115 Å². The first-order valence-corrected chi connectivity index (χ1v) is 28.9. The number of esters is 2. The molecule has 0 spiro atoms. The Balaban J connectivity index is 0.000000208. The predicted octanol–water partition coefficient (Wildman–Crippen LogP) is 9.81. The van der Waals surface area contributed by atoms with Crippen LogP contribution in [0.25, 0.3) is 22.3 Å². The molecule has 2 aliphatic carbocycles. The number of thiazole rings is 1. The molecule has 2 saturated heterocycles. The molecule has 82 heavy (non-hydrogen) atoms. The number of hydrogen-bond acceptors (Lipinski definition) is 16. The van der Waals surface area contributed by atoms with Crippen molar-refractivity contribution in [1.82, 2.24) is 25.4 Å². The number of ketones is 1. The summed E-state index contributed by atoms with van der Waals surface area (Å²) in [7, 11) is 0. The van der Waals surface area contributed by atoms with E-state index in [2.05, 4.69) is 84.8 Å². The molecule has 4 aromatic carbocycles. The van der Waals surface area contributed by atoms with Crippen LogP contribution in [0.3, 0.4) is 0 Å². The number of aromatic nitrogens is 1. The molecular weight excluding hydrogens is 1140 g/mol. The van der Waals surface area contributed by atoms with Gasteiger partial charge in [-0.05, 0) is 113 Å². The molecule has 4 aliphatic rings. The lowest BCUT2D eigenvalue weighted by atomic mass is 9.98. The number of nitrogens with one attached hydrogen (secondary N) is 2. The maximum absolute atomic E-state index is 13.1. The summed E-state index contributed by atoms with van der Waals surface area (Å²) in [6.07, 6.45) is -1.69. The van der Waals surface area contributed by atoms with Gasteiger partial charge in [-0.3, -0.25) is 19.4 Å². The third-order valence-corrected chi connectivity index (χ3v) is 14.9. The zero-order chi connectivity index (χ0) is 59.5. The molecule has 3 heterocycles. The highest BCUT2D eigenvalue weighted by Crippen LogP contribution is 2.46. The van der Waals surface area contributed by atoms with Crippen molar-refractivity contribution in [1.29, 1.82) is 0 Å². The number of fused-ring (bicyclic) bond motifs is 6. The minimum absolute atomic E-state index is 0.0336. The smallest absolute Gasteiger partial charge is 0.411 e. The van der Waals surface area contributed by atoms with Crippen molar-refractivity contribution in [2.75, 3.05) is 44.8 Å². The number of carbonyl (C=O) groups excluding carboxylic acids is 8. The quantitative estimate of drug-likeness (QED) is 0.0429. The number of nitrogens with two attached hydrogens (primary N) is 1. The molecule has 22 heteroatoms. The third kappa shape index (κ3) is 15.6. The van der Waals surface area contributed by atoms with Crippen LogP contribution < -0.4 is 16.4 Å². The number of benzene rings is 4. The highest BCUT2D eigenvalue weighted by atomic mass is 79.9. The fraction of sp³-hybridized carbons (Fsp3) is 0.417. The average Bonchev–Trinajstić information content (AvgIpc) is 3.86. The average molecular weight is 1210 g/mol. The van der Waals surface area contributed by atoms with Gasteiger partial charge < -0.3 is 44.8 Å². The van der Waals surface area contributed by atoms with Gasteiger partial charge in [-0.1, -0.05) is 113 Å². The molecule has 1 aromatic heterocycles. The number of likely N-dealkylation sites (tertiary alicyclic amines) is 2. The summed E-state index contributed by atoms with van der Waals surface area (Å²) in [4.78, 5) is 103. The van der Waals surface area contributed by atoms with Gasteiger partial charge in [0.15, 0.2) is 5.69 Å². The number of primary amides is 1. The normalized spacial score (nSPS) is 17.7. The Kier molecular flexibility index (Phi) is 20.5. The van der Waals surface area contributed by atoms with E-state index < -0.39 is 77.3 Å². The topological polar surface area (TPSA) is 261 Å². The number of rotatable bonds is 13. The lowest BCUT2D eigenvalue weighted by Gasteiger charge is -2.27. The van der Waals surface area contributed by atoms with Gasteiger partial charge in [-0.15, -0.1) is 11.3 Å². The van der Waals surface area contributed by atoms with Gasteiger partial charge in [0.1, 0.15) is 35.5 Å². The van der Waals surface area contributed by atoms with E-state index in [1.165, 1.54) is 16.2 Å². The Bertz CT molecular complexity index is 3060. The van der Waals surface area contributed by atoms with E-state index in [9.17, 15) is 38.4 Å². The van der Waals surface area contributed by atoms with Crippen LogP contribution in [-0.2, 0) is 42.8 Å². The van der Waals surface area contributed by atoms with E-state index in [1.807, 2.05) is 48.5 Å². The van der Waals surface area contributed by atoms with Crippen molar-refractivity contribution >= 4 is 75.3 Å². The largest absolute Gasteiger partial charge is 0.461 e. The second-order valence-corrected chi connectivity index (χ2v) is 23.0. The summed E-state index contributed by atoms with van der Waals surface area (Å²) in [6, 6.07) is 30.3. The molecule has 5 aromatic rings. The lowest BCUT2D eigenvalue weighted by molar-refractivity contribution is -0.152. The van der Waals surface area contributed by atoms with Gasteiger partial charge in [-0.2, -0.15) is 0 Å². The Morgan fingerprint density at radius 3 is 1.44 bits per heavy atom. The first kappa shape index (κ1) is 61.8. The summed E-state index contributed by atoms with van der Waals surface area (Å²) in [6.45, 7) is 15.2. The highest BCUT2D eigenvalue weighted by Gasteiger charge is 2.43. The molecule has 4 N–H and O–H groups in total. The van der Waals surface area contributed by atoms with E-state index >= 15 is 0 Å². The third-order valence-electron chi connectivity index (χ3n) is 13.4. The van der Waals surface area contributed by atoms with Crippen molar-refractivity contribution in [3.8, 4) is 22.3 Å². The molecule has 0 bridgehead atoms. The molecule has 0 saturated carbocycles. The molecule has 0 unspecified atom stereocenters. The minimum atomic E-state index is -0.848.